The minimum Gasteiger partial charge on any atom is -0.492 e. The van der Waals surface area contributed by atoms with Crippen molar-refractivity contribution in [3.05, 3.63) is 28.8 Å². The minimum absolute atomic E-state index is 0.130. The molecule has 0 unspecified atom stereocenters. The normalized spacial score (nSPS) is 10.2. The highest BCUT2D eigenvalue weighted by molar-refractivity contribution is 6.31. The van der Waals surface area contributed by atoms with Gasteiger partial charge in [0.2, 0.25) is 0 Å². The molecule has 0 saturated carbocycles. The summed E-state index contributed by atoms with van der Waals surface area (Å²) in [5.41, 5.74) is 0.427. The summed E-state index contributed by atoms with van der Waals surface area (Å²) in [5.74, 6) is 0.535. The van der Waals surface area contributed by atoms with E-state index in [0.717, 1.165) is 0 Å². The molecule has 0 heterocycles. The first-order valence-electron chi connectivity index (χ1n) is 6.74. The zero-order chi connectivity index (χ0) is 17.9. The Morgan fingerprint density at radius 3 is 2.00 bits per heavy atom. The molecule has 0 radical (unpaired) electrons. The van der Waals surface area contributed by atoms with Gasteiger partial charge in [-0.2, -0.15) is 0 Å². The van der Waals surface area contributed by atoms with Crippen molar-refractivity contribution in [3.8, 4) is 17.2 Å². The molecule has 0 bridgehead atoms. The number of hydrogen-bond donors (Lipinski definition) is 0. The van der Waals surface area contributed by atoms with Gasteiger partial charge in [-0.15, -0.1) is 0 Å². The first-order chi connectivity index (χ1) is 11.4. The third kappa shape index (κ3) is 3.30. The highest BCUT2D eigenvalue weighted by Gasteiger charge is 2.24. The maximum absolute atomic E-state index is 11.5. The summed E-state index contributed by atoms with van der Waals surface area (Å²) in [5, 5.41) is 1.31. The Bertz CT molecular complexity index is 801. The SMILES string of the molecule is COC(=O)Oc1c(C)c(OC)c(OC(=O)OC)c2ccc(Cl)cc12. The molecule has 0 aliphatic heterocycles. The number of methoxy groups -OCH3 is 3. The van der Waals surface area contributed by atoms with Gasteiger partial charge in [0.15, 0.2) is 11.5 Å². The van der Waals surface area contributed by atoms with Crippen LogP contribution < -0.4 is 14.2 Å². The molecule has 0 aliphatic carbocycles. The zero-order valence-corrected chi connectivity index (χ0v) is 14.2. The van der Waals surface area contributed by atoms with Crippen molar-refractivity contribution >= 4 is 34.7 Å². The van der Waals surface area contributed by atoms with Gasteiger partial charge in [0.05, 0.1) is 21.3 Å². The van der Waals surface area contributed by atoms with Gasteiger partial charge in [-0.25, -0.2) is 9.59 Å². The van der Waals surface area contributed by atoms with Crippen LogP contribution in [0.1, 0.15) is 5.56 Å². The lowest BCUT2D eigenvalue weighted by molar-refractivity contribution is 0.118. The van der Waals surface area contributed by atoms with E-state index in [-0.39, 0.29) is 17.2 Å². The van der Waals surface area contributed by atoms with Crippen LogP contribution in [0.3, 0.4) is 0 Å². The van der Waals surface area contributed by atoms with Gasteiger partial charge in [0.25, 0.3) is 0 Å². The van der Waals surface area contributed by atoms with Crippen LogP contribution in [0, 0.1) is 6.92 Å². The Balaban J connectivity index is 2.80. The molecule has 0 N–H and O–H groups in total. The molecule has 2 rings (SSSR count). The van der Waals surface area contributed by atoms with E-state index in [1.807, 2.05) is 0 Å². The standard InChI is InChI=1S/C16H15ClO7/c1-8-12(23-15(18)21-3)11-7-9(17)5-6-10(11)14(13(8)20-2)24-16(19)22-4/h5-7H,1-4H3. The van der Waals surface area contributed by atoms with Crippen LogP contribution in [-0.4, -0.2) is 33.6 Å². The van der Waals surface area contributed by atoms with Crippen molar-refractivity contribution in [1.29, 1.82) is 0 Å². The molecule has 128 valence electrons. The lowest BCUT2D eigenvalue weighted by atomic mass is 10.0. The average Bonchev–Trinajstić information content (AvgIpc) is 2.58. The van der Waals surface area contributed by atoms with Crippen molar-refractivity contribution < 1.29 is 33.3 Å². The van der Waals surface area contributed by atoms with Gasteiger partial charge in [-0.3, -0.25) is 0 Å². The second kappa shape index (κ2) is 7.27. The Kier molecular flexibility index (Phi) is 5.35. The van der Waals surface area contributed by atoms with Gasteiger partial charge >= 0.3 is 12.3 Å². The van der Waals surface area contributed by atoms with E-state index in [4.69, 9.17) is 25.8 Å². The van der Waals surface area contributed by atoms with Crippen LogP contribution in [0.4, 0.5) is 9.59 Å². The van der Waals surface area contributed by atoms with E-state index >= 15 is 0 Å². The molecule has 0 saturated heterocycles. The summed E-state index contributed by atoms with van der Waals surface area (Å²) < 4.78 is 24.8. The van der Waals surface area contributed by atoms with Crippen LogP contribution in [0.2, 0.25) is 5.02 Å². The molecular formula is C16H15ClO7. The van der Waals surface area contributed by atoms with Crippen molar-refractivity contribution in [3.63, 3.8) is 0 Å². The Labute approximate surface area is 142 Å². The summed E-state index contributed by atoms with van der Waals surface area (Å²) in [6.07, 6.45) is -1.81. The number of benzene rings is 2. The summed E-state index contributed by atoms with van der Waals surface area (Å²) in [6, 6.07) is 4.79. The number of fused-ring (bicyclic) bond motifs is 1. The topological polar surface area (TPSA) is 80.3 Å². The maximum atomic E-state index is 11.5. The van der Waals surface area contributed by atoms with E-state index in [1.54, 1.807) is 25.1 Å². The number of ether oxygens (including phenoxy) is 5. The summed E-state index contributed by atoms with van der Waals surface area (Å²) in [6.45, 7) is 1.64. The highest BCUT2D eigenvalue weighted by atomic mass is 35.5. The summed E-state index contributed by atoms with van der Waals surface area (Å²) in [4.78, 5) is 23.1. The number of carbonyl (C=O) groups is 2. The molecule has 0 spiro atoms. The maximum Gasteiger partial charge on any atom is 0.513 e. The molecule has 0 atom stereocenters. The fourth-order valence-electron chi connectivity index (χ4n) is 2.23. The van der Waals surface area contributed by atoms with Crippen LogP contribution in [0.25, 0.3) is 10.8 Å². The molecule has 0 amide bonds. The zero-order valence-electron chi connectivity index (χ0n) is 13.5. The first-order valence-corrected chi connectivity index (χ1v) is 7.12. The Hall–Kier alpha value is -2.67. The number of carbonyl (C=O) groups excluding carboxylic acids is 2. The largest absolute Gasteiger partial charge is 0.513 e. The third-order valence-corrected chi connectivity index (χ3v) is 3.50. The first kappa shape index (κ1) is 17.7. The lowest BCUT2D eigenvalue weighted by Crippen LogP contribution is -2.12. The smallest absolute Gasteiger partial charge is 0.492 e. The highest BCUT2D eigenvalue weighted by Crippen LogP contribution is 2.46. The lowest BCUT2D eigenvalue weighted by Gasteiger charge is -2.18. The molecular weight excluding hydrogens is 340 g/mol. The average molecular weight is 355 g/mol. The molecule has 7 nitrogen and oxygen atoms in total. The van der Waals surface area contributed by atoms with Gasteiger partial charge in [-0.05, 0) is 25.1 Å². The van der Waals surface area contributed by atoms with E-state index in [9.17, 15) is 9.59 Å². The third-order valence-electron chi connectivity index (χ3n) is 3.27. The summed E-state index contributed by atoms with van der Waals surface area (Å²) in [7, 11) is 3.78. The van der Waals surface area contributed by atoms with Crippen molar-refractivity contribution in [2.24, 2.45) is 0 Å². The monoisotopic (exact) mass is 354 g/mol. The summed E-state index contributed by atoms with van der Waals surface area (Å²) >= 11 is 6.04. The second-order valence-electron chi connectivity index (χ2n) is 4.62. The van der Waals surface area contributed by atoms with E-state index < -0.39 is 12.3 Å². The number of hydrogen-bond acceptors (Lipinski definition) is 7. The van der Waals surface area contributed by atoms with Crippen LogP contribution in [0.5, 0.6) is 17.2 Å². The molecule has 2 aromatic rings. The van der Waals surface area contributed by atoms with Gasteiger partial charge in [0.1, 0.15) is 5.75 Å². The van der Waals surface area contributed by atoms with Crippen molar-refractivity contribution in [1.82, 2.24) is 0 Å². The quantitative estimate of drug-likeness (QED) is 0.606. The molecule has 24 heavy (non-hydrogen) atoms. The molecule has 8 heteroatoms. The van der Waals surface area contributed by atoms with Crippen molar-refractivity contribution in [2.45, 2.75) is 6.92 Å². The van der Waals surface area contributed by atoms with Crippen LogP contribution in [-0.2, 0) is 9.47 Å². The second-order valence-corrected chi connectivity index (χ2v) is 5.06. The van der Waals surface area contributed by atoms with E-state index in [0.29, 0.717) is 21.4 Å². The minimum atomic E-state index is -0.911. The Morgan fingerprint density at radius 1 is 0.875 bits per heavy atom. The Morgan fingerprint density at radius 2 is 1.46 bits per heavy atom. The van der Waals surface area contributed by atoms with E-state index in [1.165, 1.54) is 21.3 Å². The predicted octanol–water partition coefficient (Wildman–Crippen LogP) is 4.10. The number of halogens is 1. The molecule has 0 fully saturated rings. The van der Waals surface area contributed by atoms with Crippen LogP contribution in [0.15, 0.2) is 18.2 Å². The number of rotatable bonds is 3. The molecule has 0 aromatic heterocycles. The van der Waals surface area contributed by atoms with Crippen LogP contribution >= 0.6 is 11.6 Å². The van der Waals surface area contributed by atoms with Crippen molar-refractivity contribution in [2.75, 3.05) is 21.3 Å². The fourth-order valence-corrected chi connectivity index (χ4v) is 2.40. The molecule has 2 aromatic carbocycles. The fraction of sp³-hybridized carbons (Fsp3) is 0.250. The van der Waals surface area contributed by atoms with Gasteiger partial charge in [-0.1, -0.05) is 11.6 Å². The van der Waals surface area contributed by atoms with Gasteiger partial charge < -0.3 is 23.7 Å². The predicted molar refractivity (Wildman–Crippen MR) is 86.3 cm³/mol. The molecule has 0 aliphatic rings. The van der Waals surface area contributed by atoms with Gasteiger partial charge in [0, 0.05) is 21.4 Å². The van der Waals surface area contributed by atoms with E-state index in [2.05, 4.69) is 9.47 Å².